The number of rotatable bonds is 5. The number of hydrogen-bond donors (Lipinski definition) is 4. The van der Waals surface area contributed by atoms with Crippen LogP contribution in [0.15, 0.2) is 12.3 Å². The van der Waals surface area contributed by atoms with Gasteiger partial charge in [-0.05, 0) is 37.2 Å². The largest absolute Gasteiger partial charge is 0.367 e. The Balaban J connectivity index is 1.44. The number of amides is 4. The highest BCUT2D eigenvalue weighted by molar-refractivity contribution is 6.39. The molecule has 4 amide bonds. The molecular weight excluding hydrogens is 462 g/mol. The lowest BCUT2D eigenvalue weighted by molar-refractivity contribution is -0.136. The van der Waals surface area contributed by atoms with Gasteiger partial charge in [-0.1, -0.05) is 6.92 Å². The van der Waals surface area contributed by atoms with Gasteiger partial charge in [0.25, 0.3) is 0 Å². The maximum absolute atomic E-state index is 12.9. The summed E-state index contributed by atoms with van der Waals surface area (Å²) in [5.74, 6) is 0.467. The summed E-state index contributed by atoms with van der Waals surface area (Å²) in [6.07, 6.45) is 4.77. The number of hydrogen-bond acceptors (Lipinski definition) is 6. The minimum atomic E-state index is -0.741. The van der Waals surface area contributed by atoms with Crippen LogP contribution in [0.5, 0.6) is 0 Å². The number of nitrogens with one attached hydrogen (secondary N) is 4. The second-order valence-electron chi connectivity index (χ2n) is 9.92. The number of carbonyl (C=O) groups is 3. The van der Waals surface area contributed by atoms with E-state index in [1.807, 2.05) is 23.0 Å². The predicted molar refractivity (Wildman–Crippen MR) is 132 cm³/mol. The molecule has 0 aromatic carbocycles. The summed E-state index contributed by atoms with van der Waals surface area (Å²) in [4.78, 5) is 44.3. The lowest BCUT2D eigenvalue weighted by Crippen LogP contribution is -2.49. The molecule has 3 aliphatic rings. The molecule has 2 aromatic heterocycles. The Kier molecular flexibility index (Phi) is 6.30. The van der Waals surface area contributed by atoms with Crippen LogP contribution in [0.25, 0.3) is 11.3 Å². The van der Waals surface area contributed by atoms with Crippen LogP contribution >= 0.6 is 0 Å². The van der Waals surface area contributed by atoms with E-state index < -0.39 is 11.8 Å². The molecule has 4 N–H and O–H groups in total. The summed E-state index contributed by atoms with van der Waals surface area (Å²) in [6.45, 7) is 4.10. The van der Waals surface area contributed by atoms with Crippen LogP contribution in [0.3, 0.4) is 0 Å². The van der Waals surface area contributed by atoms with Crippen LogP contribution in [0.2, 0.25) is 0 Å². The third-order valence-electron chi connectivity index (χ3n) is 7.28. The molecular formula is C24H31N9O3. The quantitative estimate of drug-likeness (QED) is 0.368. The Morgan fingerprint density at radius 1 is 1.28 bits per heavy atom. The van der Waals surface area contributed by atoms with Gasteiger partial charge in [0, 0.05) is 50.6 Å². The van der Waals surface area contributed by atoms with Crippen molar-refractivity contribution in [3.05, 3.63) is 17.8 Å². The molecule has 1 aliphatic carbocycles. The normalized spacial score (nSPS) is 20.4. The first-order valence-corrected chi connectivity index (χ1v) is 12.4. The van der Waals surface area contributed by atoms with Gasteiger partial charge in [0.1, 0.15) is 12.4 Å². The first-order valence-electron chi connectivity index (χ1n) is 12.4. The van der Waals surface area contributed by atoms with E-state index in [1.54, 1.807) is 11.9 Å². The van der Waals surface area contributed by atoms with Crippen molar-refractivity contribution in [1.29, 1.82) is 5.26 Å². The van der Waals surface area contributed by atoms with Crippen molar-refractivity contribution < 1.29 is 14.4 Å². The van der Waals surface area contributed by atoms with E-state index in [0.29, 0.717) is 37.9 Å². The van der Waals surface area contributed by atoms with Gasteiger partial charge in [-0.3, -0.25) is 14.3 Å². The van der Waals surface area contributed by atoms with Crippen molar-refractivity contribution in [2.24, 2.45) is 11.8 Å². The van der Waals surface area contributed by atoms with Gasteiger partial charge in [0.05, 0.1) is 17.8 Å². The molecule has 12 heteroatoms. The Bertz CT molecular complexity index is 1220. The van der Waals surface area contributed by atoms with E-state index in [9.17, 15) is 14.4 Å². The first kappa shape index (κ1) is 23.7. The van der Waals surface area contributed by atoms with Crippen LogP contribution in [0.1, 0.15) is 37.8 Å². The molecule has 2 aliphatic heterocycles. The molecule has 2 fully saturated rings. The molecule has 36 heavy (non-hydrogen) atoms. The number of carbonyl (C=O) groups excluding carboxylic acids is 3. The van der Waals surface area contributed by atoms with Crippen LogP contribution in [-0.4, -0.2) is 75.6 Å². The van der Waals surface area contributed by atoms with Gasteiger partial charge in [0.15, 0.2) is 5.82 Å². The van der Waals surface area contributed by atoms with E-state index in [0.717, 1.165) is 41.9 Å². The van der Waals surface area contributed by atoms with Crippen LogP contribution < -0.4 is 16.0 Å². The zero-order chi connectivity index (χ0) is 25.4. The number of aromatic nitrogens is 3. The fourth-order valence-electron chi connectivity index (χ4n) is 4.91. The van der Waals surface area contributed by atoms with Crippen molar-refractivity contribution in [2.75, 3.05) is 43.9 Å². The number of nitrogens with zero attached hydrogens (tertiary/aromatic N) is 5. The minimum absolute atomic E-state index is 0.0179. The highest BCUT2D eigenvalue weighted by atomic mass is 16.2. The molecule has 0 bridgehead atoms. The number of aromatic amines is 1. The van der Waals surface area contributed by atoms with E-state index in [1.165, 1.54) is 4.90 Å². The average Bonchev–Trinajstić information content (AvgIpc) is 3.45. The molecule has 2 aromatic rings. The fraction of sp³-hybridized carbons (Fsp3) is 0.542. The topological polar surface area (TPSA) is 151 Å². The third kappa shape index (κ3) is 4.48. The Morgan fingerprint density at radius 2 is 2.08 bits per heavy atom. The Morgan fingerprint density at radius 3 is 2.83 bits per heavy atom. The second kappa shape index (κ2) is 9.56. The maximum Gasteiger partial charge on any atom is 0.320 e. The zero-order valence-electron chi connectivity index (χ0n) is 20.5. The molecule has 0 radical (unpaired) electrons. The summed E-state index contributed by atoms with van der Waals surface area (Å²) < 4.78 is 1.90. The van der Waals surface area contributed by atoms with E-state index in [4.69, 9.17) is 10.4 Å². The van der Waals surface area contributed by atoms with Crippen molar-refractivity contribution >= 4 is 29.5 Å². The highest BCUT2D eigenvalue weighted by Gasteiger charge is 2.37. The minimum Gasteiger partial charge on any atom is -0.367 e. The van der Waals surface area contributed by atoms with Crippen molar-refractivity contribution in [1.82, 2.24) is 29.9 Å². The predicted octanol–water partition coefficient (Wildman–Crippen LogP) is 1.73. The number of H-pyrrole nitrogens is 1. The summed E-state index contributed by atoms with van der Waals surface area (Å²) in [5.41, 5.74) is 2.57. The lowest BCUT2D eigenvalue weighted by Gasteiger charge is -2.39. The number of fused-ring (bicyclic) bond motifs is 3. The maximum atomic E-state index is 12.9. The van der Waals surface area contributed by atoms with E-state index >= 15 is 0 Å². The highest BCUT2D eigenvalue weighted by Crippen LogP contribution is 2.42. The van der Waals surface area contributed by atoms with Gasteiger partial charge < -0.3 is 30.7 Å². The summed E-state index contributed by atoms with van der Waals surface area (Å²) in [6, 6.07) is 3.62. The van der Waals surface area contributed by atoms with Gasteiger partial charge in [-0.15, -0.1) is 0 Å². The second-order valence-corrected chi connectivity index (χ2v) is 9.92. The lowest BCUT2D eigenvalue weighted by atomic mass is 9.92. The fourth-order valence-corrected chi connectivity index (χ4v) is 4.91. The molecule has 0 spiro atoms. The third-order valence-corrected chi connectivity index (χ3v) is 7.28. The van der Waals surface area contributed by atoms with Gasteiger partial charge in [0.2, 0.25) is 0 Å². The first-order chi connectivity index (χ1) is 17.4. The van der Waals surface area contributed by atoms with Crippen LogP contribution in [0.4, 0.5) is 16.4 Å². The van der Waals surface area contributed by atoms with E-state index in [-0.39, 0.29) is 24.5 Å². The van der Waals surface area contributed by atoms with Gasteiger partial charge >= 0.3 is 17.8 Å². The number of piperidine rings is 1. The molecule has 12 nitrogen and oxygen atoms in total. The van der Waals surface area contributed by atoms with Gasteiger partial charge in [-0.25, -0.2) is 4.79 Å². The van der Waals surface area contributed by atoms with Crippen molar-refractivity contribution in [2.45, 2.75) is 38.8 Å². The zero-order valence-corrected chi connectivity index (χ0v) is 20.5. The van der Waals surface area contributed by atoms with Crippen LogP contribution in [0, 0.1) is 23.2 Å². The number of urea groups is 1. The average molecular weight is 494 g/mol. The SMILES string of the molecule is C[C@@H]1CCN(C(=O)N(C)CC#N)C[C@@H]1n1nc(NC(=O)C(=O)NCC2CC2)c2c1-c1cc[nH]c1NC2. The standard InChI is InChI=1S/C24H31N9O3/c1-14-6-9-32(24(36)31(2)10-7-25)13-18(14)33-19-16-5-8-26-20(16)27-12-17(19)21(30-33)29-23(35)22(34)28-11-15-3-4-15/h5,8,14-15,18,26-27H,3-4,6,9-13H2,1-2H3,(H,28,34)(H,29,30,35)/t14-,18+/m1/s1. The molecule has 2 atom stereocenters. The molecule has 190 valence electrons. The molecule has 1 saturated heterocycles. The van der Waals surface area contributed by atoms with Gasteiger partial charge in [-0.2, -0.15) is 10.4 Å². The van der Waals surface area contributed by atoms with Crippen molar-refractivity contribution in [3.63, 3.8) is 0 Å². The molecule has 4 heterocycles. The summed E-state index contributed by atoms with van der Waals surface area (Å²) in [7, 11) is 1.62. The number of nitriles is 1. The van der Waals surface area contributed by atoms with E-state index in [2.05, 4.69) is 27.9 Å². The van der Waals surface area contributed by atoms with Crippen molar-refractivity contribution in [3.8, 4) is 17.3 Å². The Hall–Kier alpha value is -4.01. The molecule has 0 unspecified atom stereocenters. The van der Waals surface area contributed by atoms with Crippen LogP contribution in [-0.2, 0) is 16.1 Å². The molecule has 1 saturated carbocycles. The Labute approximate surface area is 209 Å². The number of anilines is 2. The summed E-state index contributed by atoms with van der Waals surface area (Å²) >= 11 is 0. The number of likely N-dealkylation sites (tertiary alicyclic amines) is 1. The summed E-state index contributed by atoms with van der Waals surface area (Å²) in [5, 5.41) is 22.5. The smallest absolute Gasteiger partial charge is 0.320 e. The molecule has 5 rings (SSSR count). The monoisotopic (exact) mass is 493 g/mol.